The molecule has 0 spiro atoms. The molecule has 3 aromatic carbocycles. The van der Waals surface area contributed by atoms with Crippen LogP contribution in [0.15, 0.2) is 83.1 Å². The lowest BCUT2D eigenvalue weighted by molar-refractivity contribution is -0.134. The molecule has 9 nitrogen and oxygen atoms in total. The van der Waals surface area contributed by atoms with Crippen molar-refractivity contribution in [3.63, 3.8) is 0 Å². The number of nitrogens with two attached hydrogens (primary N) is 1. The van der Waals surface area contributed by atoms with Gasteiger partial charge < -0.3 is 9.47 Å². The third-order valence-electron chi connectivity index (χ3n) is 6.58. The Morgan fingerprint density at radius 2 is 1.68 bits per heavy atom. The van der Waals surface area contributed by atoms with Gasteiger partial charge in [-0.25, -0.2) is 23.0 Å². The molecule has 0 fully saturated rings. The molecule has 0 saturated carbocycles. The molecule has 0 saturated heterocycles. The van der Waals surface area contributed by atoms with Crippen LogP contribution in [0.1, 0.15) is 42.2 Å². The Hall–Kier alpha value is -4.01. The molecule has 0 radical (unpaired) electrons. The van der Waals surface area contributed by atoms with Crippen LogP contribution in [0.2, 0.25) is 0 Å². The van der Waals surface area contributed by atoms with E-state index in [0.717, 1.165) is 21.4 Å². The molecule has 0 amide bonds. The summed E-state index contributed by atoms with van der Waals surface area (Å²) in [6.07, 6.45) is 1.64. The van der Waals surface area contributed by atoms with Crippen molar-refractivity contribution in [3.8, 4) is 39.6 Å². The number of benzene rings is 3. The van der Waals surface area contributed by atoms with Gasteiger partial charge in [-0.2, -0.15) is 5.10 Å². The van der Waals surface area contributed by atoms with Crippen molar-refractivity contribution in [2.45, 2.75) is 38.0 Å². The largest absolute Gasteiger partial charge is 0.426 e. The lowest BCUT2D eigenvalue weighted by atomic mass is 10.1. The number of carbonyl (C=O) groups is 2. The highest BCUT2D eigenvalue weighted by atomic mass is 32.9. The molecule has 2 N–H and O–H groups in total. The van der Waals surface area contributed by atoms with Crippen LogP contribution >= 0.6 is 32.9 Å². The van der Waals surface area contributed by atoms with E-state index in [1.807, 2.05) is 37.4 Å². The van der Waals surface area contributed by atoms with E-state index in [1.165, 1.54) is 22.5 Å². The predicted octanol–water partition coefficient (Wildman–Crippen LogP) is 7.33. The van der Waals surface area contributed by atoms with Crippen LogP contribution in [0.4, 0.5) is 0 Å². The summed E-state index contributed by atoms with van der Waals surface area (Å²) in [7, 11) is -0.771. The van der Waals surface area contributed by atoms with Crippen molar-refractivity contribution in [2.24, 2.45) is 5.14 Å². The Kier molecular flexibility index (Phi) is 9.51. The van der Waals surface area contributed by atoms with Crippen molar-refractivity contribution < 1.29 is 27.5 Å². The summed E-state index contributed by atoms with van der Waals surface area (Å²) in [4.78, 5) is 26.0. The Morgan fingerprint density at radius 1 is 0.977 bits per heavy atom. The number of esters is 2. The van der Waals surface area contributed by atoms with E-state index in [4.69, 9.17) is 26.8 Å². The monoisotopic (exact) mass is 665 g/mol. The van der Waals surface area contributed by atoms with Crippen LogP contribution in [-0.4, -0.2) is 30.1 Å². The lowest BCUT2D eigenvalue weighted by Crippen LogP contribution is -2.14. The number of hydrogen-bond acceptors (Lipinski definition) is 10. The molecule has 2 aromatic heterocycles. The van der Waals surface area contributed by atoms with Gasteiger partial charge in [-0.3, -0.25) is 4.79 Å². The molecular formula is C31H27N3O6S4. The smallest absolute Gasteiger partial charge is 0.347 e. The summed E-state index contributed by atoms with van der Waals surface area (Å²) < 4.78 is 37.2. The number of rotatable bonds is 10. The van der Waals surface area contributed by atoms with E-state index in [0.29, 0.717) is 34.8 Å². The molecule has 13 heteroatoms. The van der Waals surface area contributed by atoms with Crippen molar-refractivity contribution in [3.05, 3.63) is 93.3 Å². The van der Waals surface area contributed by atoms with Crippen molar-refractivity contribution in [1.82, 2.24) is 9.78 Å². The molecule has 5 rings (SSSR count). The molecule has 0 aliphatic heterocycles. The number of hydrogen-bond donors (Lipinski definition) is 1. The van der Waals surface area contributed by atoms with Crippen molar-refractivity contribution >= 4 is 54.9 Å². The molecular weight excluding hydrogens is 639 g/mol. The Balaban J connectivity index is 1.47. The van der Waals surface area contributed by atoms with Crippen LogP contribution in [-0.2, 0) is 14.8 Å². The van der Waals surface area contributed by atoms with Crippen LogP contribution in [0.3, 0.4) is 0 Å². The van der Waals surface area contributed by atoms with E-state index in [1.54, 1.807) is 57.5 Å². The molecule has 0 atom stereocenters. The summed E-state index contributed by atoms with van der Waals surface area (Å²) >= 11 is 5.38. The normalized spacial score (nSPS) is 11.3. The zero-order chi connectivity index (χ0) is 31.4. The number of nitrogens with zero attached hydrogens (tertiary/aromatic N) is 2. The third kappa shape index (κ3) is 7.20. The number of sulfonamides is 1. The van der Waals surface area contributed by atoms with Gasteiger partial charge >= 0.3 is 11.9 Å². The fraction of sp³-hybridized carbons (Fsp3) is 0.161. The van der Waals surface area contributed by atoms with Crippen LogP contribution in [0.5, 0.6) is 11.5 Å². The number of primary sulfonamides is 1. The minimum absolute atomic E-state index is 0.0254. The molecule has 2 heterocycles. The van der Waals surface area contributed by atoms with Gasteiger partial charge in [-0.1, -0.05) is 64.4 Å². The van der Waals surface area contributed by atoms with Gasteiger partial charge in [0.2, 0.25) is 10.0 Å². The number of aryl methyl sites for hydroxylation is 1. The topological polar surface area (TPSA) is 131 Å². The van der Waals surface area contributed by atoms with Crippen molar-refractivity contribution in [1.29, 1.82) is 0 Å². The van der Waals surface area contributed by atoms with Crippen molar-refractivity contribution in [2.75, 3.05) is 0 Å². The van der Waals surface area contributed by atoms with Gasteiger partial charge in [-0.05, 0) is 73.5 Å². The zero-order valence-electron chi connectivity index (χ0n) is 23.7. The summed E-state index contributed by atoms with van der Waals surface area (Å²) in [5.41, 5.74) is 4.47. The van der Waals surface area contributed by atoms with E-state index >= 15 is 0 Å². The first kappa shape index (κ1) is 31.4. The van der Waals surface area contributed by atoms with E-state index in [2.05, 4.69) is 5.10 Å². The first-order valence-electron chi connectivity index (χ1n) is 13.5. The highest BCUT2D eigenvalue weighted by Gasteiger charge is 2.21. The van der Waals surface area contributed by atoms with Gasteiger partial charge in [0.05, 0.1) is 22.0 Å². The third-order valence-corrected chi connectivity index (χ3v) is 10.2. The van der Waals surface area contributed by atoms with Crippen LogP contribution < -0.4 is 14.6 Å². The molecule has 0 bridgehead atoms. The molecule has 44 heavy (non-hydrogen) atoms. The number of carbonyl (C=O) groups excluding carboxylic acids is 2. The fourth-order valence-electron chi connectivity index (χ4n) is 4.37. The van der Waals surface area contributed by atoms with E-state index in [-0.39, 0.29) is 22.6 Å². The van der Waals surface area contributed by atoms with Gasteiger partial charge in [0.1, 0.15) is 20.9 Å². The SMILES string of the molecule is CCCCC(=O)Oc1cc(-c2cc(C)nn2-c2ccc(S(N)(=O)=O)cc2)ccc1C(=O)Oc1ccc(-c2cssc2=S)cc1. The van der Waals surface area contributed by atoms with Gasteiger partial charge in [-0.15, -0.1) is 0 Å². The first-order chi connectivity index (χ1) is 21.0. The fourth-order valence-corrected chi connectivity index (χ4v) is 7.28. The lowest BCUT2D eigenvalue weighted by Gasteiger charge is -2.13. The number of unbranched alkanes of at least 4 members (excludes halogenated alkanes) is 1. The zero-order valence-corrected chi connectivity index (χ0v) is 26.9. The maximum absolute atomic E-state index is 13.3. The predicted molar refractivity (Wildman–Crippen MR) is 174 cm³/mol. The van der Waals surface area contributed by atoms with Gasteiger partial charge in [0.15, 0.2) is 0 Å². The quantitative estimate of drug-likeness (QED) is 0.0710. The average molecular weight is 666 g/mol. The molecule has 0 unspecified atom stereocenters. The summed E-state index contributed by atoms with van der Waals surface area (Å²) in [5, 5.41) is 11.8. The minimum Gasteiger partial charge on any atom is -0.426 e. The Bertz CT molecular complexity index is 1990. The summed E-state index contributed by atoms with van der Waals surface area (Å²) in [5.74, 6) is -0.780. The molecule has 5 aromatic rings. The first-order valence-corrected chi connectivity index (χ1v) is 17.7. The van der Waals surface area contributed by atoms with Crippen LogP contribution in [0.25, 0.3) is 28.1 Å². The minimum atomic E-state index is -3.86. The Morgan fingerprint density at radius 3 is 2.32 bits per heavy atom. The maximum atomic E-state index is 13.3. The highest BCUT2D eigenvalue weighted by Crippen LogP contribution is 2.32. The van der Waals surface area contributed by atoms with Gasteiger partial charge in [0.25, 0.3) is 0 Å². The second-order valence-electron chi connectivity index (χ2n) is 9.82. The molecule has 0 aliphatic carbocycles. The number of aromatic nitrogens is 2. The van der Waals surface area contributed by atoms with E-state index in [9.17, 15) is 18.0 Å². The van der Waals surface area contributed by atoms with Gasteiger partial charge in [0, 0.05) is 22.9 Å². The maximum Gasteiger partial charge on any atom is 0.347 e. The highest BCUT2D eigenvalue weighted by molar-refractivity contribution is 7.89. The Labute approximate surface area is 267 Å². The summed E-state index contributed by atoms with van der Waals surface area (Å²) in [6, 6.07) is 19.7. The van der Waals surface area contributed by atoms with Crippen LogP contribution in [0, 0.1) is 10.7 Å². The number of ether oxygens (including phenoxy) is 2. The second kappa shape index (κ2) is 13.3. The molecule has 226 valence electrons. The molecule has 0 aliphatic rings. The second-order valence-corrected chi connectivity index (χ2v) is 14.1. The standard InChI is InChI=1S/C31H27N3O6S4/c1-3-4-5-29(35)40-28-17-21(27-16-19(2)33-34(27)22-9-13-24(14-10-22)44(32,37)38)8-15-25(28)30(36)39-23-11-6-20(7-12-23)26-18-42-43-31(26)41/h6-18H,3-5H2,1-2H3,(H2,32,37,38). The summed E-state index contributed by atoms with van der Waals surface area (Å²) in [6.45, 7) is 3.78. The van der Waals surface area contributed by atoms with E-state index < -0.39 is 22.0 Å². The average Bonchev–Trinajstić information content (AvgIpc) is 3.61.